The number of hydrogen-bond donors (Lipinski definition) is 4. The number of carbonyl (C=O) groups is 3. The summed E-state index contributed by atoms with van der Waals surface area (Å²) < 4.78 is 0. The third-order valence-electron chi connectivity index (χ3n) is 12.0. The Morgan fingerprint density at radius 2 is 1.58 bits per heavy atom. The van der Waals surface area contributed by atoms with Crippen LogP contribution in [0.2, 0.25) is 0 Å². The molecule has 3 amide bonds. The van der Waals surface area contributed by atoms with Crippen molar-refractivity contribution >= 4 is 23.4 Å². The Bertz CT molecular complexity index is 1450. The van der Waals surface area contributed by atoms with Crippen LogP contribution in [0.3, 0.4) is 0 Å². The molecule has 0 saturated heterocycles. The minimum atomic E-state index is -0.666. The maximum Gasteiger partial charge on any atom is 0.238 e. The Morgan fingerprint density at radius 3 is 2.37 bits per heavy atom. The Balaban J connectivity index is 1.24. The molecule has 6 atom stereocenters. The third kappa shape index (κ3) is 4.98. The summed E-state index contributed by atoms with van der Waals surface area (Å²) in [6, 6.07) is 11.9. The Hall–Kier alpha value is -3.19. The lowest BCUT2D eigenvalue weighted by Crippen LogP contribution is -2.58. The van der Waals surface area contributed by atoms with Gasteiger partial charge in [0.2, 0.25) is 17.7 Å². The summed E-state index contributed by atoms with van der Waals surface area (Å²) in [5, 5.41) is 19.1. The molecule has 0 heterocycles. The fourth-order valence-corrected chi connectivity index (χ4v) is 9.72. The predicted octanol–water partition coefficient (Wildman–Crippen LogP) is 5.74. The SMILES string of the molecule is CNCC(=O)Nc1ccc2c(c1)[C@@]1(C)CCC[C@](C)(C(=O)NC(=O)[C@@]3(C)CCCC4c5cc(O)ccc5CC[C@H]43)[C@@H]1CC2. The van der Waals surface area contributed by atoms with Crippen molar-refractivity contribution in [2.24, 2.45) is 22.7 Å². The number of aromatic hydroxyl groups is 1. The van der Waals surface area contributed by atoms with Crippen molar-refractivity contribution in [2.45, 2.75) is 96.3 Å². The first-order chi connectivity index (χ1) is 20.5. The van der Waals surface area contributed by atoms with Gasteiger partial charge in [-0.25, -0.2) is 0 Å². The van der Waals surface area contributed by atoms with Crippen molar-refractivity contribution < 1.29 is 19.5 Å². The molecule has 4 aliphatic rings. The van der Waals surface area contributed by atoms with Crippen LogP contribution in [0.1, 0.15) is 100 Å². The van der Waals surface area contributed by atoms with Gasteiger partial charge < -0.3 is 15.7 Å². The van der Waals surface area contributed by atoms with Gasteiger partial charge >= 0.3 is 0 Å². The number of carbonyl (C=O) groups excluding carboxylic acids is 3. The molecular formula is C36H47N3O4. The zero-order valence-corrected chi connectivity index (χ0v) is 26.1. The summed E-state index contributed by atoms with van der Waals surface area (Å²) >= 11 is 0. The number of hydrogen-bond acceptors (Lipinski definition) is 5. The van der Waals surface area contributed by atoms with Crippen molar-refractivity contribution in [3.05, 3.63) is 58.7 Å². The molecule has 2 aromatic rings. The molecule has 2 fully saturated rings. The first-order valence-corrected chi connectivity index (χ1v) is 16.2. The van der Waals surface area contributed by atoms with Crippen LogP contribution >= 0.6 is 0 Å². The highest BCUT2D eigenvalue weighted by Crippen LogP contribution is 2.58. The summed E-state index contributed by atoms with van der Waals surface area (Å²) in [7, 11) is 1.75. The lowest BCUT2D eigenvalue weighted by molar-refractivity contribution is -0.149. The van der Waals surface area contributed by atoms with Crippen LogP contribution in [0.15, 0.2) is 36.4 Å². The number of phenolic OH excluding ortho intramolecular Hbond substituents is 1. The van der Waals surface area contributed by atoms with Gasteiger partial charge in [-0.1, -0.05) is 45.7 Å². The van der Waals surface area contributed by atoms with Gasteiger partial charge in [0, 0.05) is 5.69 Å². The monoisotopic (exact) mass is 585 g/mol. The van der Waals surface area contributed by atoms with Crippen LogP contribution in [0.4, 0.5) is 5.69 Å². The fourth-order valence-electron chi connectivity index (χ4n) is 9.72. The number of phenols is 1. The van der Waals surface area contributed by atoms with Gasteiger partial charge in [0.25, 0.3) is 0 Å². The molecule has 4 aliphatic carbocycles. The number of likely N-dealkylation sites (N-methyl/N-ethyl adjacent to an activating group) is 1. The van der Waals surface area contributed by atoms with Crippen molar-refractivity contribution in [2.75, 3.05) is 18.9 Å². The number of nitrogens with one attached hydrogen (secondary N) is 3. The molecule has 2 aromatic carbocycles. The largest absolute Gasteiger partial charge is 0.508 e. The van der Waals surface area contributed by atoms with Crippen LogP contribution in [0.25, 0.3) is 0 Å². The van der Waals surface area contributed by atoms with Gasteiger partial charge in [0.1, 0.15) is 5.75 Å². The van der Waals surface area contributed by atoms with E-state index in [2.05, 4.69) is 48.9 Å². The molecule has 2 saturated carbocycles. The average molecular weight is 586 g/mol. The number of rotatable bonds is 5. The molecule has 0 spiro atoms. The van der Waals surface area contributed by atoms with Crippen LogP contribution in [0.5, 0.6) is 5.75 Å². The smallest absolute Gasteiger partial charge is 0.238 e. The molecule has 4 N–H and O–H groups in total. The van der Waals surface area contributed by atoms with Crippen LogP contribution < -0.4 is 16.0 Å². The Morgan fingerprint density at radius 1 is 0.860 bits per heavy atom. The van der Waals surface area contributed by atoms with E-state index in [0.717, 1.165) is 69.9 Å². The highest BCUT2D eigenvalue weighted by atomic mass is 16.3. The van der Waals surface area contributed by atoms with Gasteiger partial charge in [-0.3, -0.25) is 19.7 Å². The minimum absolute atomic E-state index is 0.0805. The van der Waals surface area contributed by atoms with E-state index in [-0.39, 0.29) is 53.2 Å². The van der Waals surface area contributed by atoms with Crippen molar-refractivity contribution in [3.8, 4) is 5.75 Å². The maximum atomic E-state index is 14.3. The highest BCUT2D eigenvalue weighted by molar-refractivity contribution is 6.01. The number of aryl methyl sites for hydroxylation is 2. The lowest BCUT2D eigenvalue weighted by Gasteiger charge is -2.55. The molecule has 6 rings (SSSR count). The fraction of sp³-hybridized carbons (Fsp3) is 0.583. The summed E-state index contributed by atoms with van der Waals surface area (Å²) in [6.07, 6.45) is 8.94. The first-order valence-electron chi connectivity index (χ1n) is 16.2. The number of anilines is 1. The van der Waals surface area contributed by atoms with Crippen LogP contribution in [0, 0.1) is 22.7 Å². The van der Waals surface area contributed by atoms with Gasteiger partial charge in [0.05, 0.1) is 17.4 Å². The Labute approximate surface area is 255 Å². The maximum absolute atomic E-state index is 14.3. The van der Waals surface area contributed by atoms with E-state index in [9.17, 15) is 19.5 Å². The zero-order chi connectivity index (χ0) is 30.6. The predicted molar refractivity (Wildman–Crippen MR) is 168 cm³/mol. The van der Waals surface area contributed by atoms with E-state index >= 15 is 0 Å². The van der Waals surface area contributed by atoms with E-state index in [1.54, 1.807) is 13.1 Å². The third-order valence-corrected chi connectivity index (χ3v) is 12.0. The quantitative estimate of drug-likeness (QED) is 0.335. The van der Waals surface area contributed by atoms with Crippen molar-refractivity contribution in [1.82, 2.24) is 10.6 Å². The second kappa shape index (κ2) is 11.1. The molecule has 230 valence electrons. The topological polar surface area (TPSA) is 108 Å². The molecule has 43 heavy (non-hydrogen) atoms. The molecule has 0 aliphatic heterocycles. The summed E-state index contributed by atoms with van der Waals surface area (Å²) in [6.45, 7) is 6.67. The van der Waals surface area contributed by atoms with E-state index in [1.165, 1.54) is 22.3 Å². The van der Waals surface area contributed by atoms with Crippen molar-refractivity contribution in [1.29, 1.82) is 0 Å². The average Bonchev–Trinajstić information content (AvgIpc) is 2.97. The first kappa shape index (κ1) is 29.9. The van der Waals surface area contributed by atoms with E-state index in [4.69, 9.17) is 0 Å². The van der Waals surface area contributed by atoms with Gasteiger partial charge in [-0.15, -0.1) is 0 Å². The van der Waals surface area contributed by atoms with E-state index < -0.39 is 10.8 Å². The lowest BCUT2D eigenvalue weighted by atomic mass is 9.49. The number of fused-ring (bicyclic) bond motifs is 6. The van der Waals surface area contributed by atoms with Crippen LogP contribution in [-0.2, 0) is 32.6 Å². The molecular weight excluding hydrogens is 538 g/mol. The second-order valence-corrected chi connectivity index (χ2v) is 14.5. The summed E-state index contributed by atoms with van der Waals surface area (Å²) in [5.41, 5.74) is 4.23. The minimum Gasteiger partial charge on any atom is -0.508 e. The number of imide groups is 1. The molecule has 7 nitrogen and oxygen atoms in total. The van der Waals surface area contributed by atoms with E-state index in [0.29, 0.717) is 0 Å². The molecule has 0 bridgehead atoms. The number of benzene rings is 2. The zero-order valence-electron chi connectivity index (χ0n) is 26.1. The van der Waals surface area contributed by atoms with Gasteiger partial charge in [-0.05, 0) is 128 Å². The van der Waals surface area contributed by atoms with Gasteiger partial charge in [0.15, 0.2) is 0 Å². The highest BCUT2D eigenvalue weighted by Gasteiger charge is 2.56. The standard InChI is InChI=1S/C36H47N3O4/c1-34-17-6-18-36(3,30(34)15-11-23-8-12-24(19-29(23)34)38-31(41)21-37-4)33(43)39-32(42)35(2)16-5-7-26-27-20-25(40)13-9-22(27)10-14-28(26)35/h8-9,12-13,19-20,26,28,30,37,40H,5-7,10-11,14-18,21H2,1-4H3,(H,38,41)(H,39,42,43)/t26?,28-,30-,34-,35+,36+/m1/s1. The molecule has 0 radical (unpaired) electrons. The molecule has 0 aromatic heterocycles. The van der Waals surface area contributed by atoms with Crippen LogP contribution in [-0.4, -0.2) is 36.4 Å². The second-order valence-electron chi connectivity index (χ2n) is 14.5. The van der Waals surface area contributed by atoms with Crippen molar-refractivity contribution in [3.63, 3.8) is 0 Å². The van der Waals surface area contributed by atoms with E-state index in [1.807, 2.05) is 18.2 Å². The van der Waals surface area contributed by atoms with Gasteiger partial charge in [-0.2, -0.15) is 0 Å². The summed E-state index contributed by atoms with van der Waals surface area (Å²) in [4.78, 5) is 40.7. The summed E-state index contributed by atoms with van der Waals surface area (Å²) in [5.74, 6) is 0.396. The molecule has 7 heteroatoms. The normalized spacial score (nSPS) is 32.8. The number of amides is 3. The molecule has 1 unspecified atom stereocenters. The Kier molecular flexibility index (Phi) is 7.68.